The standard InChI is InChI=1S/C20H21NO4S/c1-14-7-8-16(11-15(14)2)24-13-20(23)25-12-19(22)21-9-10-26-18-6-4-3-5-17(18)21/h3-8,11H,9-10,12-13H2,1-2H3. The first-order valence-electron chi connectivity index (χ1n) is 8.42. The van der Waals surface area contributed by atoms with Gasteiger partial charge in [-0.05, 0) is 49.2 Å². The predicted molar refractivity (Wildman–Crippen MR) is 102 cm³/mol. The number of hydrogen-bond acceptors (Lipinski definition) is 5. The van der Waals surface area contributed by atoms with E-state index in [-0.39, 0.29) is 19.1 Å². The number of carbonyl (C=O) groups excluding carboxylic acids is 2. The van der Waals surface area contributed by atoms with E-state index in [1.165, 1.54) is 0 Å². The monoisotopic (exact) mass is 371 g/mol. The maximum atomic E-state index is 12.4. The molecule has 5 nitrogen and oxygen atoms in total. The third-order valence-corrected chi connectivity index (χ3v) is 5.26. The van der Waals surface area contributed by atoms with E-state index in [9.17, 15) is 9.59 Å². The summed E-state index contributed by atoms with van der Waals surface area (Å²) in [6.07, 6.45) is 0. The van der Waals surface area contributed by atoms with E-state index < -0.39 is 5.97 Å². The van der Waals surface area contributed by atoms with Crippen LogP contribution in [0.5, 0.6) is 5.75 Å². The lowest BCUT2D eigenvalue weighted by molar-refractivity contribution is -0.149. The SMILES string of the molecule is Cc1ccc(OCC(=O)OCC(=O)N2CCSc3ccccc32)cc1C. The van der Waals surface area contributed by atoms with Gasteiger partial charge in [-0.15, -0.1) is 11.8 Å². The number of ether oxygens (including phenoxy) is 2. The highest BCUT2D eigenvalue weighted by atomic mass is 32.2. The lowest BCUT2D eigenvalue weighted by atomic mass is 10.1. The Morgan fingerprint density at radius 1 is 1.08 bits per heavy atom. The quantitative estimate of drug-likeness (QED) is 0.755. The Bertz CT molecular complexity index is 821. The van der Waals surface area contributed by atoms with Gasteiger partial charge in [-0.2, -0.15) is 0 Å². The Hall–Kier alpha value is -2.47. The molecule has 6 heteroatoms. The largest absolute Gasteiger partial charge is 0.482 e. The van der Waals surface area contributed by atoms with E-state index in [2.05, 4.69) is 0 Å². The summed E-state index contributed by atoms with van der Waals surface area (Å²) in [7, 11) is 0. The lowest BCUT2D eigenvalue weighted by Gasteiger charge is -2.28. The van der Waals surface area contributed by atoms with E-state index in [0.717, 1.165) is 27.5 Å². The van der Waals surface area contributed by atoms with Gasteiger partial charge in [-0.25, -0.2) is 4.79 Å². The smallest absolute Gasteiger partial charge is 0.344 e. The van der Waals surface area contributed by atoms with Crippen LogP contribution in [-0.4, -0.2) is 37.4 Å². The number of amides is 1. The summed E-state index contributed by atoms with van der Waals surface area (Å²) < 4.78 is 10.5. The summed E-state index contributed by atoms with van der Waals surface area (Å²) in [6, 6.07) is 13.4. The molecule has 0 fully saturated rings. The van der Waals surface area contributed by atoms with Gasteiger partial charge in [0.05, 0.1) is 5.69 Å². The van der Waals surface area contributed by atoms with Gasteiger partial charge in [0.25, 0.3) is 5.91 Å². The van der Waals surface area contributed by atoms with Crippen molar-refractivity contribution in [1.82, 2.24) is 0 Å². The van der Waals surface area contributed by atoms with Crippen molar-refractivity contribution in [3.63, 3.8) is 0 Å². The fourth-order valence-electron chi connectivity index (χ4n) is 2.64. The van der Waals surface area contributed by atoms with E-state index in [0.29, 0.717) is 12.3 Å². The van der Waals surface area contributed by atoms with E-state index in [1.807, 2.05) is 56.3 Å². The van der Waals surface area contributed by atoms with Gasteiger partial charge in [-0.1, -0.05) is 18.2 Å². The van der Waals surface area contributed by atoms with Crippen molar-refractivity contribution in [1.29, 1.82) is 0 Å². The number of esters is 1. The summed E-state index contributed by atoms with van der Waals surface area (Å²) in [5, 5.41) is 0. The van der Waals surface area contributed by atoms with Crippen molar-refractivity contribution in [2.45, 2.75) is 18.7 Å². The lowest BCUT2D eigenvalue weighted by Crippen LogP contribution is -2.38. The number of hydrogen-bond donors (Lipinski definition) is 0. The van der Waals surface area contributed by atoms with E-state index in [4.69, 9.17) is 9.47 Å². The molecule has 1 aliphatic heterocycles. The Balaban J connectivity index is 1.50. The number of carbonyl (C=O) groups is 2. The zero-order chi connectivity index (χ0) is 18.5. The number of para-hydroxylation sites is 1. The maximum Gasteiger partial charge on any atom is 0.344 e. The van der Waals surface area contributed by atoms with Crippen LogP contribution in [0.4, 0.5) is 5.69 Å². The van der Waals surface area contributed by atoms with Gasteiger partial charge < -0.3 is 14.4 Å². The van der Waals surface area contributed by atoms with Gasteiger partial charge in [0.15, 0.2) is 13.2 Å². The third-order valence-electron chi connectivity index (χ3n) is 4.22. The zero-order valence-corrected chi connectivity index (χ0v) is 15.7. The molecule has 136 valence electrons. The number of aryl methyl sites for hydroxylation is 2. The highest BCUT2D eigenvalue weighted by Gasteiger charge is 2.23. The van der Waals surface area contributed by atoms with Crippen molar-refractivity contribution < 1.29 is 19.1 Å². The molecule has 0 saturated carbocycles. The molecule has 1 amide bonds. The molecule has 2 aromatic rings. The van der Waals surface area contributed by atoms with E-state index >= 15 is 0 Å². The van der Waals surface area contributed by atoms with Crippen LogP contribution in [-0.2, 0) is 14.3 Å². The molecule has 2 aromatic carbocycles. The number of benzene rings is 2. The molecule has 0 saturated heterocycles. The van der Waals surface area contributed by atoms with Gasteiger partial charge in [0, 0.05) is 17.2 Å². The third kappa shape index (κ3) is 4.38. The molecule has 0 spiro atoms. The van der Waals surface area contributed by atoms with Gasteiger partial charge in [0.2, 0.25) is 0 Å². The Labute approximate surface area is 157 Å². The molecule has 26 heavy (non-hydrogen) atoms. The van der Waals surface area contributed by atoms with Gasteiger partial charge in [-0.3, -0.25) is 4.79 Å². The predicted octanol–water partition coefficient (Wildman–Crippen LogP) is 3.36. The summed E-state index contributed by atoms with van der Waals surface area (Å²) in [5.74, 6) is 0.652. The fraction of sp³-hybridized carbons (Fsp3) is 0.300. The van der Waals surface area contributed by atoms with Crippen molar-refractivity contribution >= 4 is 29.3 Å². The van der Waals surface area contributed by atoms with Gasteiger partial charge in [0.1, 0.15) is 5.75 Å². The van der Waals surface area contributed by atoms with Crippen LogP contribution in [0.1, 0.15) is 11.1 Å². The summed E-state index contributed by atoms with van der Waals surface area (Å²) in [5.41, 5.74) is 3.12. The number of nitrogens with zero attached hydrogens (tertiary/aromatic N) is 1. The highest BCUT2D eigenvalue weighted by Crippen LogP contribution is 2.34. The number of rotatable bonds is 5. The molecule has 1 heterocycles. The molecule has 0 aromatic heterocycles. The van der Waals surface area contributed by atoms with Crippen LogP contribution >= 0.6 is 11.8 Å². The van der Waals surface area contributed by atoms with Crippen molar-refractivity contribution in [2.24, 2.45) is 0 Å². The summed E-state index contributed by atoms with van der Waals surface area (Å²) >= 11 is 1.72. The van der Waals surface area contributed by atoms with Crippen LogP contribution < -0.4 is 9.64 Å². The van der Waals surface area contributed by atoms with Crippen LogP contribution in [0.15, 0.2) is 47.4 Å². The van der Waals surface area contributed by atoms with Crippen molar-refractivity contribution in [3.8, 4) is 5.75 Å². The molecule has 0 N–H and O–H groups in total. The summed E-state index contributed by atoms with van der Waals surface area (Å²) in [6.45, 7) is 4.09. The fourth-order valence-corrected chi connectivity index (χ4v) is 3.63. The molecule has 0 bridgehead atoms. The molecule has 3 rings (SSSR count). The first kappa shape index (κ1) is 18.3. The molecule has 0 aliphatic carbocycles. The first-order valence-corrected chi connectivity index (χ1v) is 9.41. The summed E-state index contributed by atoms with van der Waals surface area (Å²) in [4.78, 5) is 27.0. The van der Waals surface area contributed by atoms with Crippen LogP contribution in [0, 0.1) is 13.8 Å². The molecule has 0 atom stereocenters. The number of thioether (sulfide) groups is 1. The molecular weight excluding hydrogens is 350 g/mol. The van der Waals surface area contributed by atoms with Crippen LogP contribution in [0.25, 0.3) is 0 Å². The minimum Gasteiger partial charge on any atom is -0.482 e. The van der Waals surface area contributed by atoms with Gasteiger partial charge >= 0.3 is 5.97 Å². The second-order valence-electron chi connectivity index (χ2n) is 6.06. The van der Waals surface area contributed by atoms with Crippen molar-refractivity contribution in [2.75, 3.05) is 30.4 Å². The topological polar surface area (TPSA) is 55.8 Å². The second-order valence-corrected chi connectivity index (χ2v) is 7.19. The highest BCUT2D eigenvalue weighted by molar-refractivity contribution is 7.99. The molecule has 0 unspecified atom stereocenters. The van der Waals surface area contributed by atoms with Crippen LogP contribution in [0.2, 0.25) is 0 Å². The van der Waals surface area contributed by atoms with Crippen molar-refractivity contribution in [3.05, 3.63) is 53.6 Å². The minimum atomic E-state index is -0.559. The number of anilines is 1. The molecule has 0 radical (unpaired) electrons. The second kappa shape index (κ2) is 8.27. The normalized spacial score (nSPS) is 13.1. The minimum absolute atomic E-state index is 0.220. The first-order chi connectivity index (χ1) is 12.5. The average molecular weight is 371 g/mol. The Morgan fingerprint density at radius 3 is 2.69 bits per heavy atom. The zero-order valence-electron chi connectivity index (χ0n) is 14.9. The van der Waals surface area contributed by atoms with Crippen LogP contribution in [0.3, 0.4) is 0 Å². The Morgan fingerprint density at radius 2 is 1.88 bits per heavy atom. The number of fused-ring (bicyclic) bond motifs is 1. The molecule has 1 aliphatic rings. The maximum absolute atomic E-state index is 12.4. The van der Waals surface area contributed by atoms with E-state index in [1.54, 1.807) is 16.7 Å². The average Bonchev–Trinajstić information content (AvgIpc) is 2.66. The molecular formula is C20H21NO4S. The Kier molecular flexibility index (Phi) is 5.83.